The monoisotopic (exact) mass is 289 g/mol. The Bertz CT molecular complexity index is 467. The van der Waals surface area contributed by atoms with Crippen molar-refractivity contribution in [3.8, 4) is 0 Å². The Hall–Kier alpha value is -1.39. The minimum Gasteiger partial charge on any atom is -0.325 e. The molecule has 2 N–H and O–H groups in total. The lowest BCUT2D eigenvalue weighted by Crippen LogP contribution is -2.44. The summed E-state index contributed by atoms with van der Waals surface area (Å²) in [6.07, 6.45) is 2.45. The number of benzene rings is 1. The second kappa shape index (κ2) is 7.57. The van der Waals surface area contributed by atoms with Crippen molar-refractivity contribution in [3.63, 3.8) is 0 Å². The molecular formula is C17H27N3O. The SMILES string of the molecule is Cc1ccccc1NC(=O)CN(CC1CCCN1)C(C)C. The van der Waals surface area contributed by atoms with Crippen LogP contribution in [0.15, 0.2) is 24.3 Å². The van der Waals surface area contributed by atoms with E-state index in [2.05, 4.69) is 29.4 Å². The predicted molar refractivity (Wildman–Crippen MR) is 87.5 cm³/mol. The number of amides is 1. The molecule has 0 saturated carbocycles. The number of carbonyl (C=O) groups excluding carboxylic acids is 1. The minimum atomic E-state index is 0.0657. The lowest BCUT2D eigenvalue weighted by molar-refractivity contribution is -0.117. The molecule has 1 atom stereocenters. The number of para-hydroxylation sites is 1. The van der Waals surface area contributed by atoms with Crippen LogP contribution in [0.5, 0.6) is 0 Å². The molecule has 1 amide bonds. The fourth-order valence-electron chi connectivity index (χ4n) is 2.74. The molecule has 21 heavy (non-hydrogen) atoms. The number of nitrogens with zero attached hydrogens (tertiary/aromatic N) is 1. The fourth-order valence-corrected chi connectivity index (χ4v) is 2.74. The number of carbonyl (C=O) groups is 1. The van der Waals surface area contributed by atoms with Crippen LogP contribution in [0.1, 0.15) is 32.3 Å². The molecule has 0 bridgehead atoms. The summed E-state index contributed by atoms with van der Waals surface area (Å²) in [6.45, 7) is 8.80. The molecule has 4 heteroatoms. The van der Waals surface area contributed by atoms with E-state index in [9.17, 15) is 4.79 Å². The van der Waals surface area contributed by atoms with Crippen LogP contribution >= 0.6 is 0 Å². The first-order valence-electron chi connectivity index (χ1n) is 7.89. The zero-order chi connectivity index (χ0) is 15.2. The maximum Gasteiger partial charge on any atom is 0.238 e. The van der Waals surface area contributed by atoms with Crippen LogP contribution in [0.3, 0.4) is 0 Å². The van der Waals surface area contributed by atoms with Gasteiger partial charge in [0.25, 0.3) is 0 Å². The second-order valence-corrected chi connectivity index (χ2v) is 6.18. The van der Waals surface area contributed by atoms with Crippen molar-refractivity contribution in [1.29, 1.82) is 0 Å². The maximum absolute atomic E-state index is 12.3. The van der Waals surface area contributed by atoms with Gasteiger partial charge in [0.15, 0.2) is 0 Å². The summed E-state index contributed by atoms with van der Waals surface area (Å²) < 4.78 is 0. The number of nitrogens with one attached hydrogen (secondary N) is 2. The van der Waals surface area contributed by atoms with Gasteiger partial charge in [0.05, 0.1) is 6.54 Å². The Balaban J connectivity index is 1.90. The molecule has 0 aliphatic carbocycles. The molecule has 1 aromatic rings. The van der Waals surface area contributed by atoms with Crippen LogP contribution in [-0.2, 0) is 4.79 Å². The number of anilines is 1. The second-order valence-electron chi connectivity index (χ2n) is 6.18. The first-order chi connectivity index (χ1) is 10.1. The van der Waals surface area contributed by atoms with Crippen molar-refractivity contribution in [1.82, 2.24) is 10.2 Å². The summed E-state index contributed by atoms with van der Waals surface area (Å²) in [5.41, 5.74) is 2.00. The van der Waals surface area contributed by atoms with Crippen molar-refractivity contribution in [2.75, 3.05) is 25.0 Å². The van der Waals surface area contributed by atoms with Gasteiger partial charge in [-0.25, -0.2) is 0 Å². The highest BCUT2D eigenvalue weighted by atomic mass is 16.2. The lowest BCUT2D eigenvalue weighted by Gasteiger charge is -2.28. The van der Waals surface area contributed by atoms with Crippen LogP contribution in [0, 0.1) is 6.92 Å². The van der Waals surface area contributed by atoms with Crippen LogP contribution < -0.4 is 10.6 Å². The summed E-state index contributed by atoms with van der Waals surface area (Å²) in [5, 5.41) is 6.52. The van der Waals surface area contributed by atoms with E-state index >= 15 is 0 Å². The average Bonchev–Trinajstić information content (AvgIpc) is 2.93. The normalized spacial score (nSPS) is 18.4. The van der Waals surface area contributed by atoms with Crippen molar-refractivity contribution in [2.45, 2.75) is 45.7 Å². The maximum atomic E-state index is 12.3. The molecule has 0 aromatic heterocycles. The molecule has 2 rings (SSSR count). The largest absolute Gasteiger partial charge is 0.325 e. The molecule has 1 aliphatic rings. The summed E-state index contributed by atoms with van der Waals surface area (Å²) in [4.78, 5) is 14.5. The fraction of sp³-hybridized carbons (Fsp3) is 0.588. The number of hydrogen-bond acceptors (Lipinski definition) is 3. The molecule has 1 saturated heterocycles. The lowest BCUT2D eigenvalue weighted by atomic mass is 10.2. The van der Waals surface area contributed by atoms with E-state index in [1.165, 1.54) is 12.8 Å². The highest BCUT2D eigenvalue weighted by Crippen LogP contribution is 2.14. The molecule has 4 nitrogen and oxygen atoms in total. The van der Waals surface area contributed by atoms with Crippen molar-refractivity contribution in [3.05, 3.63) is 29.8 Å². The van der Waals surface area contributed by atoms with Gasteiger partial charge in [0, 0.05) is 24.3 Å². The Morgan fingerprint density at radius 2 is 2.19 bits per heavy atom. The van der Waals surface area contributed by atoms with E-state index < -0.39 is 0 Å². The van der Waals surface area contributed by atoms with Gasteiger partial charge in [0.1, 0.15) is 0 Å². The zero-order valence-corrected chi connectivity index (χ0v) is 13.4. The molecule has 116 valence electrons. The summed E-state index contributed by atoms with van der Waals surface area (Å²) in [5.74, 6) is 0.0657. The molecule has 1 aliphatic heterocycles. The molecule has 0 spiro atoms. The first kappa shape index (κ1) is 16.0. The molecule has 1 unspecified atom stereocenters. The van der Waals surface area contributed by atoms with E-state index in [1.807, 2.05) is 31.2 Å². The molecular weight excluding hydrogens is 262 g/mol. The van der Waals surface area contributed by atoms with Gasteiger partial charge in [-0.3, -0.25) is 9.69 Å². The van der Waals surface area contributed by atoms with E-state index in [-0.39, 0.29) is 5.91 Å². The Kier molecular flexibility index (Phi) is 5.76. The third-order valence-electron chi connectivity index (χ3n) is 4.11. The standard InChI is InChI=1S/C17H27N3O/c1-13(2)20(11-15-8-6-10-18-15)12-17(21)19-16-9-5-4-7-14(16)3/h4-5,7,9,13,15,18H,6,8,10-12H2,1-3H3,(H,19,21). The van der Waals surface area contributed by atoms with Crippen molar-refractivity contribution >= 4 is 11.6 Å². The summed E-state index contributed by atoms with van der Waals surface area (Å²) >= 11 is 0. The highest BCUT2D eigenvalue weighted by Gasteiger charge is 2.21. The predicted octanol–water partition coefficient (Wildman–Crippen LogP) is 2.40. The molecule has 1 heterocycles. The third-order valence-corrected chi connectivity index (χ3v) is 4.11. The van der Waals surface area contributed by atoms with E-state index in [0.717, 1.165) is 24.3 Å². The van der Waals surface area contributed by atoms with Gasteiger partial charge in [-0.05, 0) is 51.8 Å². The molecule has 1 fully saturated rings. The number of aryl methyl sites for hydroxylation is 1. The first-order valence-corrected chi connectivity index (χ1v) is 7.89. The van der Waals surface area contributed by atoms with Crippen molar-refractivity contribution in [2.24, 2.45) is 0 Å². The summed E-state index contributed by atoms with van der Waals surface area (Å²) in [7, 11) is 0. The van der Waals surface area contributed by atoms with Gasteiger partial charge < -0.3 is 10.6 Å². The molecule has 1 aromatic carbocycles. The quantitative estimate of drug-likeness (QED) is 0.845. The Labute approximate surface area is 127 Å². The highest BCUT2D eigenvalue weighted by molar-refractivity contribution is 5.92. The van der Waals surface area contributed by atoms with Gasteiger partial charge in [-0.2, -0.15) is 0 Å². The average molecular weight is 289 g/mol. The third kappa shape index (κ3) is 4.83. The molecule has 0 radical (unpaired) electrons. The van der Waals surface area contributed by atoms with Crippen LogP contribution in [0.25, 0.3) is 0 Å². The van der Waals surface area contributed by atoms with Crippen LogP contribution in [0.2, 0.25) is 0 Å². The number of rotatable bonds is 6. The number of hydrogen-bond donors (Lipinski definition) is 2. The van der Waals surface area contributed by atoms with Crippen LogP contribution in [-0.4, -0.2) is 42.5 Å². The van der Waals surface area contributed by atoms with Gasteiger partial charge in [0.2, 0.25) is 5.91 Å². The van der Waals surface area contributed by atoms with E-state index in [4.69, 9.17) is 0 Å². The minimum absolute atomic E-state index is 0.0657. The van der Waals surface area contributed by atoms with Gasteiger partial charge in [-0.15, -0.1) is 0 Å². The Morgan fingerprint density at radius 1 is 1.43 bits per heavy atom. The Morgan fingerprint density at radius 3 is 2.81 bits per heavy atom. The van der Waals surface area contributed by atoms with Crippen LogP contribution in [0.4, 0.5) is 5.69 Å². The van der Waals surface area contributed by atoms with E-state index in [0.29, 0.717) is 18.6 Å². The summed E-state index contributed by atoms with van der Waals surface area (Å²) in [6, 6.07) is 8.79. The van der Waals surface area contributed by atoms with Gasteiger partial charge in [-0.1, -0.05) is 18.2 Å². The van der Waals surface area contributed by atoms with E-state index in [1.54, 1.807) is 0 Å². The zero-order valence-electron chi connectivity index (χ0n) is 13.4. The van der Waals surface area contributed by atoms with Gasteiger partial charge >= 0.3 is 0 Å². The topological polar surface area (TPSA) is 44.4 Å². The smallest absolute Gasteiger partial charge is 0.238 e. The van der Waals surface area contributed by atoms with Crippen molar-refractivity contribution < 1.29 is 4.79 Å².